The zero-order valence-corrected chi connectivity index (χ0v) is 15.3. The molecule has 1 heterocycles. The van der Waals surface area contributed by atoms with Gasteiger partial charge in [0, 0.05) is 24.6 Å². The van der Waals surface area contributed by atoms with Gasteiger partial charge in [0.15, 0.2) is 14.6 Å². The molecule has 25 heavy (non-hydrogen) atoms. The number of amides is 2. The molecule has 9 heteroatoms. The third kappa shape index (κ3) is 5.14. The van der Waals surface area contributed by atoms with Gasteiger partial charge < -0.3 is 0 Å². The lowest BCUT2D eigenvalue weighted by molar-refractivity contribution is -0.129. The van der Waals surface area contributed by atoms with E-state index in [0.29, 0.717) is 6.42 Å². The summed E-state index contributed by atoms with van der Waals surface area (Å²) in [6.45, 7) is 0. The highest BCUT2D eigenvalue weighted by molar-refractivity contribution is 7.93. The average Bonchev–Trinajstić information content (AvgIpc) is 2.58. The fraction of sp³-hybridized carbons (Fsp3) is 0.312. The summed E-state index contributed by atoms with van der Waals surface area (Å²) in [7, 11) is -3.70. The average molecular weight is 386 g/mol. The van der Waals surface area contributed by atoms with Crippen LogP contribution in [-0.2, 0) is 25.8 Å². The molecule has 2 N–H and O–H groups in total. The second-order valence-electron chi connectivity index (χ2n) is 5.48. The van der Waals surface area contributed by atoms with Gasteiger partial charge in [-0.25, -0.2) is 8.42 Å². The van der Waals surface area contributed by atoms with Crippen LogP contribution in [0.4, 0.5) is 0 Å². The zero-order chi connectivity index (χ0) is 17.6. The van der Waals surface area contributed by atoms with Crippen LogP contribution in [-0.4, -0.2) is 36.2 Å². The maximum atomic E-state index is 12.3. The molecule has 0 saturated heterocycles. The van der Waals surface area contributed by atoms with Crippen LogP contribution in [0.1, 0.15) is 18.5 Å². The molecule has 0 radical (unpaired) electrons. The standard InChI is InChI=1S/C16H19N3O4S.ClH/c1-24(22,23)16(10-4-2-5-11-16)15(21)19-18-14(20)9-8-13-7-3-6-12-17-13;/h2-7,10,12H,8-9,11H2,1H3,(H,18,20)(H,19,21);1H. The fourth-order valence-corrected chi connectivity index (χ4v) is 3.41. The number of rotatable bonds is 5. The van der Waals surface area contributed by atoms with Crippen molar-refractivity contribution in [2.75, 3.05) is 6.26 Å². The van der Waals surface area contributed by atoms with Gasteiger partial charge in [-0.3, -0.25) is 25.4 Å². The Bertz CT molecular complexity index is 778. The van der Waals surface area contributed by atoms with Crippen molar-refractivity contribution in [2.45, 2.75) is 24.0 Å². The van der Waals surface area contributed by atoms with Crippen LogP contribution in [0.2, 0.25) is 0 Å². The highest BCUT2D eigenvalue weighted by Gasteiger charge is 2.45. The summed E-state index contributed by atoms with van der Waals surface area (Å²) in [4.78, 5) is 28.3. The Balaban J connectivity index is 0.00000312. The smallest absolute Gasteiger partial charge is 0.264 e. The van der Waals surface area contributed by atoms with E-state index >= 15 is 0 Å². The van der Waals surface area contributed by atoms with E-state index < -0.39 is 26.4 Å². The number of hydrogen-bond donors (Lipinski definition) is 2. The Labute approximate surface area is 152 Å². The molecule has 1 aromatic rings. The number of halogens is 1. The molecule has 0 aliphatic heterocycles. The van der Waals surface area contributed by atoms with Gasteiger partial charge in [0.1, 0.15) is 0 Å². The normalized spacial score (nSPS) is 18.9. The monoisotopic (exact) mass is 385 g/mol. The number of nitrogens with zero attached hydrogens (tertiary/aromatic N) is 1. The summed E-state index contributed by atoms with van der Waals surface area (Å²) in [5.41, 5.74) is 5.23. The van der Waals surface area contributed by atoms with Crippen LogP contribution in [0.25, 0.3) is 0 Å². The molecule has 0 fully saturated rings. The highest BCUT2D eigenvalue weighted by atomic mass is 35.5. The number of hydrogen-bond acceptors (Lipinski definition) is 5. The molecular formula is C16H20ClN3O4S. The van der Waals surface area contributed by atoms with Crippen molar-refractivity contribution in [2.24, 2.45) is 0 Å². The van der Waals surface area contributed by atoms with Gasteiger partial charge >= 0.3 is 0 Å². The second kappa shape index (κ2) is 8.77. The summed E-state index contributed by atoms with van der Waals surface area (Å²) in [6.07, 6.45) is 9.31. The molecule has 0 bridgehead atoms. The van der Waals surface area contributed by atoms with Gasteiger partial charge in [0.2, 0.25) is 5.91 Å². The van der Waals surface area contributed by atoms with E-state index in [1.807, 2.05) is 6.07 Å². The minimum atomic E-state index is -3.70. The molecule has 2 rings (SSSR count). The van der Waals surface area contributed by atoms with Crippen molar-refractivity contribution in [3.8, 4) is 0 Å². The Morgan fingerprint density at radius 1 is 1.24 bits per heavy atom. The number of hydrazine groups is 1. The lowest BCUT2D eigenvalue weighted by atomic mass is 9.99. The molecule has 136 valence electrons. The van der Waals surface area contributed by atoms with Crippen molar-refractivity contribution >= 4 is 34.1 Å². The molecule has 0 spiro atoms. The predicted molar refractivity (Wildman–Crippen MR) is 96.6 cm³/mol. The quantitative estimate of drug-likeness (QED) is 0.732. The van der Waals surface area contributed by atoms with Crippen LogP contribution in [0.5, 0.6) is 0 Å². The first-order valence-electron chi connectivity index (χ1n) is 7.38. The molecule has 1 aromatic heterocycles. The topological polar surface area (TPSA) is 105 Å². The van der Waals surface area contributed by atoms with Gasteiger partial charge in [0.05, 0.1) is 0 Å². The van der Waals surface area contributed by atoms with Gasteiger partial charge in [-0.2, -0.15) is 0 Å². The van der Waals surface area contributed by atoms with Crippen molar-refractivity contribution in [3.05, 3.63) is 54.4 Å². The zero-order valence-electron chi connectivity index (χ0n) is 13.6. The lowest BCUT2D eigenvalue weighted by Gasteiger charge is -2.27. The lowest BCUT2D eigenvalue weighted by Crippen LogP contribution is -2.55. The van der Waals surface area contributed by atoms with Crippen LogP contribution in [0.15, 0.2) is 48.7 Å². The maximum Gasteiger partial charge on any atom is 0.264 e. The third-order valence-corrected chi connectivity index (χ3v) is 5.54. The molecule has 1 unspecified atom stereocenters. The number of carbonyl (C=O) groups is 2. The number of nitrogens with one attached hydrogen (secondary N) is 2. The van der Waals surface area contributed by atoms with Crippen molar-refractivity contribution in [1.29, 1.82) is 0 Å². The minimum absolute atomic E-state index is 0. The van der Waals surface area contributed by atoms with E-state index in [1.165, 1.54) is 12.2 Å². The van der Waals surface area contributed by atoms with E-state index in [2.05, 4.69) is 15.8 Å². The van der Waals surface area contributed by atoms with Gasteiger partial charge in [0.25, 0.3) is 5.91 Å². The first-order chi connectivity index (χ1) is 11.3. The first kappa shape index (κ1) is 20.9. The first-order valence-corrected chi connectivity index (χ1v) is 9.27. The molecular weight excluding hydrogens is 366 g/mol. The summed E-state index contributed by atoms with van der Waals surface area (Å²) >= 11 is 0. The molecule has 2 amide bonds. The Morgan fingerprint density at radius 3 is 2.56 bits per heavy atom. The summed E-state index contributed by atoms with van der Waals surface area (Å²) < 4.78 is 22.4. The molecule has 7 nitrogen and oxygen atoms in total. The van der Waals surface area contributed by atoms with Crippen molar-refractivity contribution < 1.29 is 18.0 Å². The van der Waals surface area contributed by atoms with Crippen LogP contribution < -0.4 is 10.9 Å². The number of pyridine rings is 1. The van der Waals surface area contributed by atoms with E-state index in [9.17, 15) is 18.0 Å². The summed E-state index contributed by atoms with van der Waals surface area (Å²) in [5.74, 6) is -1.20. The molecule has 1 atom stereocenters. The minimum Gasteiger partial charge on any atom is -0.273 e. The Kier molecular flexibility index (Phi) is 7.32. The van der Waals surface area contributed by atoms with Crippen LogP contribution in [0, 0.1) is 0 Å². The summed E-state index contributed by atoms with van der Waals surface area (Å²) in [5, 5.41) is 0. The molecule has 0 saturated carbocycles. The molecule has 0 aromatic carbocycles. The Hall–Kier alpha value is -2.19. The van der Waals surface area contributed by atoms with Crippen molar-refractivity contribution in [1.82, 2.24) is 15.8 Å². The van der Waals surface area contributed by atoms with Crippen LogP contribution >= 0.6 is 12.4 Å². The number of sulfone groups is 1. The van der Waals surface area contributed by atoms with Gasteiger partial charge in [-0.15, -0.1) is 12.4 Å². The molecule has 1 aliphatic rings. The van der Waals surface area contributed by atoms with E-state index in [-0.39, 0.29) is 25.2 Å². The number of aryl methyl sites for hydroxylation is 1. The molecule has 1 aliphatic carbocycles. The number of aromatic nitrogens is 1. The Morgan fingerprint density at radius 2 is 2.00 bits per heavy atom. The SMILES string of the molecule is CS(=O)(=O)C1(C(=O)NNC(=O)CCc2ccccn2)C=CC=CC1.Cl. The van der Waals surface area contributed by atoms with Gasteiger partial charge in [-0.05, 0) is 25.0 Å². The van der Waals surface area contributed by atoms with E-state index in [1.54, 1.807) is 30.5 Å². The largest absolute Gasteiger partial charge is 0.273 e. The van der Waals surface area contributed by atoms with E-state index in [0.717, 1.165) is 11.9 Å². The van der Waals surface area contributed by atoms with Crippen LogP contribution in [0.3, 0.4) is 0 Å². The van der Waals surface area contributed by atoms with E-state index in [4.69, 9.17) is 0 Å². The second-order valence-corrected chi connectivity index (χ2v) is 7.75. The highest BCUT2D eigenvalue weighted by Crippen LogP contribution is 2.27. The number of carbonyl (C=O) groups excluding carboxylic acids is 2. The maximum absolute atomic E-state index is 12.3. The summed E-state index contributed by atoms with van der Waals surface area (Å²) in [6, 6.07) is 5.39. The van der Waals surface area contributed by atoms with Gasteiger partial charge in [-0.1, -0.05) is 30.4 Å². The fourth-order valence-electron chi connectivity index (χ4n) is 2.29. The predicted octanol–water partition coefficient (Wildman–Crippen LogP) is 0.883. The van der Waals surface area contributed by atoms with Crippen molar-refractivity contribution in [3.63, 3.8) is 0 Å². The number of allylic oxidation sites excluding steroid dienone is 3. The third-order valence-electron chi connectivity index (χ3n) is 3.73.